The van der Waals surface area contributed by atoms with Gasteiger partial charge in [-0.05, 0) is 49.4 Å². The average molecular weight is 1340 g/mol. The highest BCUT2D eigenvalue weighted by Crippen LogP contribution is 2.45. The van der Waals surface area contributed by atoms with Crippen molar-refractivity contribution in [2.24, 2.45) is 23.7 Å². The Hall–Kier alpha value is -1.94. The molecule has 0 spiro atoms. The molecule has 91 heavy (non-hydrogen) atoms. The topological polar surface area (TPSA) is 237 Å². The van der Waals surface area contributed by atoms with Crippen molar-refractivity contribution in [3.63, 3.8) is 0 Å². The molecule has 0 aromatic heterocycles. The van der Waals surface area contributed by atoms with Gasteiger partial charge in [0.15, 0.2) is 12.2 Å². The molecule has 0 aromatic carbocycles. The number of aliphatic hydroxyl groups is 1. The van der Waals surface area contributed by atoms with Gasteiger partial charge in [0.05, 0.1) is 26.4 Å². The molecule has 0 aliphatic carbocycles. The number of unbranched alkanes of at least 4 members (excludes halogenated alkanes) is 33. The summed E-state index contributed by atoms with van der Waals surface area (Å²) in [4.78, 5) is 72.6. The Labute approximate surface area is 556 Å². The fraction of sp³-hybridized carbons (Fsp3) is 0.944. The van der Waals surface area contributed by atoms with E-state index in [2.05, 4.69) is 55.4 Å². The second-order valence-corrected chi connectivity index (χ2v) is 30.3. The Morgan fingerprint density at radius 1 is 0.308 bits per heavy atom. The summed E-state index contributed by atoms with van der Waals surface area (Å²) in [6, 6.07) is 0. The number of esters is 4. The summed E-state index contributed by atoms with van der Waals surface area (Å²) in [5, 5.41) is 10.6. The third-order valence-electron chi connectivity index (χ3n) is 17.3. The molecule has 0 heterocycles. The predicted octanol–water partition coefficient (Wildman–Crippen LogP) is 20.5. The van der Waals surface area contributed by atoms with Gasteiger partial charge >= 0.3 is 39.5 Å². The van der Waals surface area contributed by atoms with Crippen LogP contribution < -0.4 is 0 Å². The highest BCUT2D eigenvalue weighted by Gasteiger charge is 2.30. The molecule has 0 radical (unpaired) electrons. The molecule has 0 rings (SSSR count). The molecule has 0 fully saturated rings. The lowest BCUT2D eigenvalue weighted by atomic mass is 9.99. The van der Waals surface area contributed by atoms with Crippen LogP contribution in [0.15, 0.2) is 0 Å². The first-order chi connectivity index (χ1) is 43.7. The van der Waals surface area contributed by atoms with Gasteiger partial charge in [-0.2, -0.15) is 0 Å². The molecule has 0 aromatic rings. The zero-order valence-corrected chi connectivity index (χ0v) is 61.3. The molecule has 540 valence electrons. The van der Waals surface area contributed by atoms with Gasteiger partial charge in [-0.3, -0.25) is 37.3 Å². The van der Waals surface area contributed by atoms with Gasteiger partial charge < -0.3 is 33.8 Å². The van der Waals surface area contributed by atoms with Crippen LogP contribution in [-0.4, -0.2) is 96.7 Å². The second-order valence-electron chi connectivity index (χ2n) is 27.4. The maximum absolute atomic E-state index is 13.0. The van der Waals surface area contributed by atoms with E-state index in [0.717, 1.165) is 114 Å². The zero-order valence-electron chi connectivity index (χ0n) is 59.5. The molecule has 7 atom stereocenters. The maximum atomic E-state index is 13.0. The van der Waals surface area contributed by atoms with E-state index in [9.17, 15) is 43.2 Å². The van der Waals surface area contributed by atoms with Crippen LogP contribution in [0.2, 0.25) is 0 Å². The maximum Gasteiger partial charge on any atom is 0.472 e. The Bertz CT molecular complexity index is 1800. The van der Waals surface area contributed by atoms with Crippen molar-refractivity contribution in [3.8, 4) is 0 Å². The molecular formula is C72H140O17P2. The van der Waals surface area contributed by atoms with Gasteiger partial charge in [-0.25, -0.2) is 9.13 Å². The number of rotatable bonds is 69. The van der Waals surface area contributed by atoms with Crippen LogP contribution >= 0.6 is 15.6 Å². The molecule has 17 nitrogen and oxygen atoms in total. The lowest BCUT2D eigenvalue weighted by Crippen LogP contribution is -2.30. The molecule has 0 amide bonds. The summed E-state index contributed by atoms with van der Waals surface area (Å²) in [5.41, 5.74) is 0. The lowest BCUT2D eigenvalue weighted by molar-refractivity contribution is -0.161. The summed E-state index contributed by atoms with van der Waals surface area (Å²) in [6.45, 7) is 14.1. The van der Waals surface area contributed by atoms with Gasteiger partial charge in [0.1, 0.15) is 19.3 Å². The molecule has 19 heteroatoms. The molecule has 0 aliphatic rings. The summed E-state index contributed by atoms with van der Waals surface area (Å²) < 4.78 is 68.3. The first kappa shape index (κ1) is 89.1. The van der Waals surface area contributed by atoms with E-state index in [1.54, 1.807) is 0 Å². The van der Waals surface area contributed by atoms with E-state index >= 15 is 0 Å². The minimum Gasteiger partial charge on any atom is -0.462 e. The summed E-state index contributed by atoms with van der Waals surface area (Å²) in [5.74, 6) is 0.884. The van der Waals surface area contributed by atoms with Crippen LogP contribution in [0.1, 0.15) is 357 Å². The van der Waals surface area contributed by atoms with Crippen molar-refractivity contribution >= 4 is 39.5 Å². The number of carbonyl (C=O) groups excluding carboxylic acids is 4. The van der Waals surface area contributed by atoms with E-state index < -0.39 is 97.5 Å². The number of carbonyl (C=O) groups is 4. The van der Waals surface area contributed by atoms with E-state index in [4.69, 9.17) is 37.0 Å². The van der Waals surface area contributed by atoms with Crippen molar-refractivity contribution < 1.29 is 80.2 Å². The Morgan fingerprint density at radius 2 is 0.527 bits per heavy atom. The van der Waals surface area contributed by atoms with Crippen molar-refractivity contribution in [2.75, 3.05) is 39.6 Å². The van der Waals surface area contributed by atoms with Crippen LogP contribution in [0.5, 0.6) is 0 Å². The number of phosphoric acid groups is 2. The third-order valence-corrected chi connectivity index (χ3v) is 19.2. The third kappa shape index (κ3) is 63.9. The van der Waals surface area contributed by atoms with Gasteiger partial charge in [-0.15, -0.1) is 0 Å². The standard InChI is InChI=1S/C72H140O17P2/c1-9-64(7)50-42-34-25-21-17-13-11-12-14-18-22-26-36-44-52-69(74)82-58-68(89-72(77)55-47-39-31-29-35-43-51-65(8)10-2)61-87-91(80,81)85-57-66(73)56-84-90(78,79)86-60-67(59-83-70(75)53-45-37-30-28-33-41-49-63(5)6)88-71(76)54-46-38-27-23-19-15-16-20-24-32-40-48-62(3)4/h62-68,73H,9-61H2,1-8H3,(H,78,79)(H,80,81)/t64?,65?,66-,67+,68+/m0/s1. The van der Waals surface area contributed by atoms with Crippen molar-refractivity contribution in [3.05, 3.63) is 0 Å². The SMILES string of the molecule is CCC(C)CCCCCCCCCCCCCCCCC(=O)OC[C@H](COP(=O)(O)OC[C@@H](O)COP(=O)(O)OC[C@@H](COC(=O)CCCCCCCCC(C)C)OC(=O)CCCCCCCCCCCCCC(C)C)OC(=O)CCCCCCCCC(C)CC. The van der Waals surface area contributed by atoms with E-state index in [0.29, 0.717) is 31.6 Å². The quantitative estimate of drug-likeness (QED) is 0.0222. The highest BCUT2D eigenvalue weighted by atomic mass is 31.2. The van der Waals surface area contributed by atoms with E-state index in [1.165, 1.54) is 154 Å². The normalized spacial score (nSPS) is 14.8. The number of phosphoric ester groups is 2. The van der Waals surface area contributed by atoms with Gasteiger partial charge in [-0.1, -0.05) is 306 Å². The van der Waals surface area contributed by atoms with Crippen molar-refractivity contribution in [2.45, 2.75) is 375 Å². The van der Waals surface area contributed by atoms with Crippen LogP contribution in [-0.2, 0) is 65.4 Å². The number of hydrogen-bond donors (Lipinski definition) is 3. The van der Waals surface area contributed by atoms with Gasteiger partial charge in [0.2, 0.25) is 0 Å². The van der Waals surface area contributed by atoms with E-state index in [1.807, 2.05) is 0 Å². The van der Waals surface area contributed by atoms with Gasteiger partial charge in [0, 0.05) is 25.7 Å². The highest BCUT2D eigenvalue weighted by molar-refractivity contribution is 7.47. The molecular weight excluding hydrogens is 1200 g/mol. The molecule has 0 bridgehead atoms. The largest absolute Gasteiger partial charge is 0.472 e. The van der Waals surface area contributed by atoms with E-state index in [-0.39, 0.29) is 25.7 Å². The minimum atomic E-state index is -4.95. The smallest absolute Gasteiger partial charge is 0.462 e. The first-order valence-electron chi connectivity index (χ1n) is 37.3. The molecule has 4 unspecified atom stereocenters. The summed E-state index contributed by atoms with van der Waals surface area (Å²) in [7, 11) is -9.90. The predicted molar refractivity (Wildman–Crippen MR) is 367 cm³/mol. The second kappa shape index (κ2) is 61.6. The van der Waals surface area contributed by atoms with Crippen LogP contribution in [0.3, 0.4) is 0 Å². The zero-order chi connectivity index (χ0) is 67.5. The van der Waals surface area contributed by atoms with Crippen molar-refractivity contribution in [1.29, 1.82) is 0 Å². The summed E-state index contributed by atoms with van der Waals surface area (Å²) in [6.07, 6.45) is 44.6. The molecule has 0 aliphatic heterocycles. The first-order valence-corrected chi connectivity index (χ1v) is 40.3. The average Bonchev–Trinajstić information content (AvgIpc) is 2.99. The van der Waals surface area contributed by atoms with Crippen LogP contribution in [0, 0.1) is 23.7 Å². The Morgan fingerprint density at radius 3 is 0.780 bits per heavy atom. The lowest BCUT2D eigenvalue weighted by Gasteiger charge is -2.21. The fourth-order valence-electron chi connectivity index (χ4n) is 10.8. The number of aliphatic hydroxyl groups excluding tert-OH is 1. The fourth-order valence-corrected chi connectivity index (χ4v) is 12.4. The van der Waals surface area contributed by atoms with Crippen LogP contribution in [0.25, 0.3) is 0 Å². The Balaban J connectivity index is 5.19. The van der Waals surface area contributed by atoms with Crippen molar-refractivity contribution in [1.82, 2.24) is 0 Å². The Kier molecular flexibility index (Phi) is 60.3. The minimum absolute atomic E-state index is 0.103. The van der Waals surface area contributed by atoms with Crippen LogP contribution in [0.4, 0.5) is 0 Å². The monoisotopic (exact) mass is 1340 g/mol. The van der Waals surface area contributed by atoms with Gasteiger partial charge in [0.25, 0.3) is 0 Å². The summed E-state index contributed by atoms with van der Waals surface area (Å²) >= 11 is 0. The number of hydrogen-bond acceptors (Lipinski definition) is 15. The molecule has 0 saturated heterocycles. The number of ether oxygens (including phenoxy) is 4. The molecule has 0 saturated carbocycles. The molecule has 3 N–H and O–H groups in total.